The number of amidine groups is 1. The van der Waals surface area contributed by atoms with E-state index in [0.717, 1.165) is 27.7 Å². The molecule has 0 aliphatic carbocycles. The van der Waals surface area contributed by atoms with Crippen LogP contribution in [0.5, 0.6) is 11.5 Å². The van der Waals surface area contributed by atoms with Crippen LogP contribution in [0.3, 0.4) is 0 Å². The minimum Gasteiger partial charge on any atom is -0.456 e. The molecule has 7 nitrogen and oxygen atoms in total. The second kappa shape index (κ2) is 10.8. The number of fused-ring (bicyclic) bond motifs is 1. The number of benzene rings is 2. The van der Waals surface area contributed by atoms with Crippen LogP contribution >= 0.6 is 0 Å². The molecule has 0 saturated carbocycles. The summed E-state index contributed by atoms with van der Waals surface area (Å²) in [7, 11) is 0.708. The molecule has 0 radical (unpaired) electrons. The number of aromatic nitrogens is 1. The lowest BCUT2D eigenvalue weighted by Crippen LogP contribution is -2.24. The maximum Gasteiger partial charge on any atom is 0.252 e. The van der Waals surface area contributed by atoms with Crippen LogP contribution in [0.4, 0.5) is 0 Å². The molecule has 1 amide bonds. The summed E-state index contributed by atoms with van der Waals surface area (Å²) in [6, 6.07) is 12.8. The number of aliphatic imine (C=N–C) groups is 1. The van der Waals surface area contributed by atoms with E-state index in [1.165, 1.54) is 0 Å². The van der Waals surface area contributed by atoms with E-state index in [2.05, 4.69) is 36.1 Å². The van der Waals surface area contributed by atoms with E-state index < -0.39 is 10.8 Å². The number of nitrogens with two attached hydrogens (primary N) is 1. The first kappa shape index (κ1) is 26.1. The normalized spacial score (nSPS) is 13.5. The van der Waals surface area contributed by atoms with Crippen LogP contribution in [0.15, 0.2) is 70.3 Å². The lowest BCUT2D eigenvalue weighted by molar-refractivity contribution is -0.117. The molecule has 3 aromatic rings. The number of nitrogens with one attached hydrogen (secondary N) is 1. The average Bonchev–Trinajstić information content (AvgIpc) is 2.78. The van der Waals surface area contributed by atoms with Gasteiger partial charge in [0.25, 0.3) is 5.91 Å². The van der Waals surface area contributed by atoms with Crippen LogP contribution in [-0.4, -0.2) is 34.2 Å². The number of nitrogens with zero attached hydrogens (tertiary/aromatic N) is 2. The lowest BCUT2D eigenvalue weighted by atomic mass is 9.91. The average molecular weight is 493 g/mol. The third kappa shape index (κ3) is 6.76. The van der Waals surface area contributed by atoms with Crippen LogP contribution in [0.1, 0.15) is 31.9 Å². The van der Waals surface area contributed by atoms with Gasteiger partial charge in [0.2, 0.25) is 0 Å². The Labute approximate surface area is 209 Å². The standard InChI is InChI=1S/C27H32N4O3S/c1-17-13-18(14-26(32)31-25(28)16-24(29-5)27(2,3)4)7-10-22(17)34-23-11-12-30-21-9-8-19(35(6)33)15-20(21)23/h7-13,15-16,29H,14H2,1-6H3,(H2,28,31,32)/b24-16-. The van der Waals surface area contributed by atoms with Gasteiger partial charge in [-0.3, -0.25) is 14.0 Å². The predicted octanol–water partition coefficient (Wildman–Crippen LogP) is 4.65. The second-order valence-corrected chi connectivity index (χ2v) is 10.7. The zero-order chi connectivity index (χ0) is 25.8. The Morgan fingerprint density at radius 2 is 1.91 bits per heavy atom. The number of pyridine rings is 1. The monoisotopic (exact) mass is 492 g/mol. The minimum absolute atomic E-state index is 0.129. The smallest absolute Gasteiger partial charge is 0.252 e. The van der Waals surface area contributed by atoms with Gasteiger partial charge < -0.3 is 15.8 Å². The van der Waals surface area contributed by atoms with E-state index in [0.29, 0.717) is 16.4 Å². The highest BCUT2D eigenvalue weighted by atomic mass is 32.2. The number of hydrogen-bond acceptors (Lipinski definition) is 5. The van der Waals surface area contributed by atoms with Gasteiger partial charge in [0.15, 0.2) is 0 Å². The summed E-state index contributed by atoms with van der Waals surface area (Å²) in [6.07, 6.45) is 5.14. The zero-order valence-corrected chi connectivity index (χ0v) is 21.8. The highest BCUT2D eigenvalue weighted by Crippen LogP contribution is 2.32. The second-order valence-electron chi connectivity index (χ2n) is 9.31. The number of carbonyl (C=O) groups is 1. The summed E-state index contributed by atoms with van der Waals surface area (Å²) in [6.45, 7) is 8.07. The van der Waals surface area contributed by atoms with Gasteiger partial charge >= 0.3 is 0 Å². The molecular formula is C27H32N4O3S. The van der Waals surface area contributed by atoms with Crippen LogP contribution in [0.2, 0.25) is 0 Å². The Morgan fingerprint density at radius 3 is 2.54 bits per heavy atom. The first-order valence-corrected chi connectivity index (χ1v) is 12.8. The van der Waals surface area contributed by atoms with Crippen molar-refractivity contribution in [1.29, 1.82) is 0 Å². The molecule has 0 fully saturated rings. The molecule has 8 heteroatoms. The highest BCUT2D eigenvalue weighted by molar-refractivity contribution is 7.84. The van der Waals surface area contributed by atoms with Crippen molar-refractivity contribution in [3.63, 3.8) is 0 Å². The van der Waals surface area contributed by atoms with Gasteiger partial charge in [-0.05, 0) is 54.5 Å². The molecule has 2 aromatic carbocycles. The molecule has 3 rings (SSSR count). The number of amides is 1. The van der Waals surface area contributed by atoms with Crippen LogP contribution in [0, 0.1) is 12.3 Å². The molecule has 1 unspecified atom stereocenters. The summed E-state index contributed by atoms with van der Waals surface area (Å²) in [5.74, 6) is 1.13. The third-order valence-corrected chi connectivity index (χ3v) is 6.36. The summed E-state index contributed by atoms with van der Waals surface area (Å²) >= 11 is 0. The molecule has 1 heterocycles. The fourth-order valence-electron chi connectivity index (χ4n) is 3.62. The summed E-state index contributed by atoms with van der Waals surface area (Å²) in [5.41, 5.74) is 9.18. The number of ether oxygens (including phenoxy) is 1. The van der Waals surface area contributed by atoms with Gasteiger partial charge in [-0.15, -0.1) is 0 Å². The fraction of sp³-hybridized carbons (Fsp3) is 0.296. The molecule has 0 bridgehead atoms. The van der Waals surface area contributed by atoms with E-state index in [4.69, 9.17) is 10.5 Å². The van der Waals surface area contributed by atoms with Crippen molar-refractivity contribution in [3.05, 3.63) is 71.6 Å². The Morgan fingerprint density at radius 1 is 1.17 bits per heavy atom. The number of rotatable bonds is 7. The zero-order valence-electron chi connectivity index (χ0n) is 21.0. The molecule has 0 saturated heterocycles. The molecule has 0 aliphatic heterocycles. The first-order valence-electron chi connectivity index (χ1n) is 11.2. The van der Waals surface area contributed by atoms with E-state index in [-0.39, 0.29) is 23.6 Å². The molecular weight excluding hydrogens is 460 g/mol. The summed E-state index contributed by atoms with van der Waals surface area (Å²) < 4.78 is 18.1. The maximum atomic E-state index is 12.5. The summed E-state index contributed by atoms with van der Waals surface area (Å²) in [5, 5.41) is 3.89. The molecule has 1 atom stereocenters. The minimum atomic E-state index is -1.11. The van der Waals surface area contributed by atoms with Crippen molar-refractivity contribution in [2.75, 3.05) is 13.3 Å². The predicted molar refractivity (Wildman–Crippen MR) is 142 cm³/mol. The first-order chi connectivity index (χ1) is 16.5. The molecule has 184 valence electrons. The van der Waals surface area contributed by atoms with Gasteiger partial charge in [-0.1, -0.05) is 32.9 Å². The Balaban J connectivity index is 1.79. The van der Waals surface area contributed by atoms with Gasteiger partial charge in [-0.25, -0.2) is 0 Å². The van der Waals surface area contributed by atoms with E-state index in [9.17, 15) is 9.00 Å². The third-order valence-electron chi connectivity index (χ3n) is 5.44. The molecule has 3 N–H and O–H groups in total. The molecule has 35 heavy (non-hydrogen) atoms. The maximum absolute atomic E-state index is 12.5. The molecule has 0 spiro atoms. The lowest BCUT2D eigenvalue weighted by Gasteiger charge is -2.22. The van der Waals surface area contributed by atoms with Crippen molar-refractivity contribution < 1.29 is 13.7 Å². The van der Waals surface area contributed by atoms with Crippen molar-refractivity contribution in [1.82, 2.24) is 10.3 Å². The van der Waals surface area contributed by atoms with E-state index in [1.807, 2.05) is 44.3 Å². The topological polar surface area (TPSA) is 107 Å². The van der Waals surface area contributed by atoms with Gasteiger partial charge in [0.05, 0.1) is 11.9 Å². The van der Waals surface area contributed by atoms with Gasteiger partial charge in [0, 0.05) is 51.7 Å². The van der Waals surface area contributed by atoms with Crippen LogP contribution < -0.4 is 15.8 Å². The molecule has 0 aliphatic rings. The summed E-state index contributed by atoms with van der Waals surface area (Å²) in [4.78, 5) is 21.6. The van der Waals surface area contributed by atoms with Crippen LogP contribution in [-0.2, 0) is 22.0 Å². The Kier molecular flexibility index (Phi) is 8.07. The Hall–Kier alpha value is -3.52. The number of allylic oxidation sites excluding steroid dienone is 1. The van der Waals surface area contributed by atoms with E-state index in [1.54, 1.807) is 30.7 Å². The number of aryl methyl sites for hydroxylation is 1. The largest absolute Gasteiger partial charge is 0.456 e. The van der Waals surface area contributed by atoms with E-state index >= 15 is 0 Å². The SMILES string of the molecule is CN/C(=C\C(N)=NC(=O)Cc1ccc(Oc2ccnc3ccc(S(C)=O)cc23)c(C)c1)C(C)(C)C. The number of hydrogen-bond donors (Lipinski definition) is 2. The van der Waals surface area contributed by atoms with Crippen molar-refractivity contribution in [3.8, 4) is 11.5 Å². The molecule has 1 aromatic heterocycles. The number of carbonyl (C=O) groups excluding carboxylic acids is 1. The fourth-order valence-corrected chi connectivity index (χ4v) is 4.17. The van der Waals surface area contributed by atoms with Crippen molar-refractivity contribution in [2.45, 2.75) is 39.0 Å². The van der Waals surface area contributed by atoms with Crippen molar-refractivity contribution >= 4 is 33.4 Å². The highest BCUT2D eigenvalue weighted by Gasteiger charge is 2.16. The Bertz CT molecular complexity index is 1340. The quantitative estimate of drug-likeness (QED) is 0.367. The van der Waals surface area contributed by atoms with Gasteiger partial charge in [-0.2, -0.15) is 4.99 Å². The van der Waals surface area contributed by atoms with Gasteiger partial charge in [0.1, 0.15) is 17.3 Å². The van der Waals surface area contributed by atoms with Crippen LogP contribution in [0.25, 0.3) is 10.9 Å². The van der Waals surface area contributed by atoms with Crippen molar-refractivity contribution in [2.24, 2.45) is 16.1 Å².